The largest absolute Gasteiger partial charge is 0.304 e. The molecule has 3 heterocycles. The summed E-state index contributed by atoms with van der Waals surface area (Å²) in [6, 6.07) is 14.3. The van der Waals surface area contributed by atoms with Crippen LogP contribution in [-0.2, 0) is 6.54 Å². The molecule has 1 aliphatic carbocycles. The third kappa shape index (κ3) is 6.79. The molecule has 1 aromatic carbocycles. The Labute approximate surface area is 238 Å². The summed E-state index contributed by atoms with van der Waals surface area (Å²) in [5, 5.41) is 11.1. The van der Waals surface area contributed by atoms with E-state index in [0.29, 0.717) is 15.9 Å². The maximum Gasteiger partial charge on any atom is 0.271 e. The fourth-order valence-corrected chi connectivity index (χ4v) is 5.54. The zero-order valence-corrected chi connectivity index (χ0v) is 23.8. The van der Waals surface area contributed by atoms with Crippen molar-refractivity contribution < 1.29 is 4.79 Å². The number of likely N-dealkylation sites (N-methyl/N-ethyl adjacent to an activating group) is 1. The van der Waals surface area contributed by atoms with Crippen molar-refractivity contribution in [1.29, 1.82) is 5.26 Å². The van der Waals surface area contributed by atoms with Gasteiger partial charge in [0.25, 0.3) is 5.91 Å². The van der Waals surface area contributed by atoms with E-state index in [1.54, 1.807) is 23.5 Å². The first-order chi connectivity index (χ1) is 19.0. The van der Waals surface area contributed by atoms with Crippen molar-refractivity contribution in [3.05, 3.63) is 70.2 Å². The number of anilines is 1. The van der Waals surface area contributed by atoms with E-state index in [-0.39, 0.29) is 17.8 Å². The third-order valence-corrected chi connectivity index (χ3v) is 8.05. The van der Waals surface area contributed by atoms with Crippen molar-refractivity contribution in [3.63, 3.8) is 0 Å². The van der Waals surface area contributed by atoms with Gasteiger partial charge in [-0.15, -0.1) is 0 Å². The lowest BCUT2D eigenvalue weighted by molar-refractivity contribution is 0.0940. The number of rotatable bonds is 7. The van der Waals surface area contributed by atoms with E-state index in [2.05, 4.69) is 77.4 Å². The average Bonchev–Trinajstić information content (AvgIpc) is 2.98. The van der Waals surface area contributed by atoms with Crippen molar-refractivity contribution in [3.8, 4) is 17.3 Å². The van der Waals surface area contributed by atoms with Crippen LogP contribution in [0.3, 0.4) is 0 Å². The lowest BCUT2D eigenvalue weighted by Gasteiger charge is -2.35. The zero-order valence-electron chi connectivity index (χ0n) is 22.2. The summed E-state index contributed by atoms with van der Waals surface area (Å²) in [5.41, 5.74) is 6.62. The summed E-state index contributed by atoms with van der Waals surface area (Å²) in [6.07, 6.45) is 8.36. The zero-order chi connectivity index (χ0) is 27.2. The molecule has 0 spiro atoms. The number of piperazine rings is 1. The van der Waals surface area contributed by atoms with Crippen molar-refractivity contribution in [2.75, 3.05) is 38.2 Å². The van der Waals surface area contributed by atoms with Crippen LogP contribution >= 0.6 is 15.9 Å². The summed E-state index contributed by atoms with van der Waals surface area (Å²) in [4.78, 5) is 31.2. The molecule has 2 aliphatic rings. The van der Waals surface area contributed by atoms with E-state index in [0.717, 1.165) is 69.7 Å². The predicted molar refractivity (Wildman–Crippen MR) is 154 cm³/mol. The molecule has 0 bridgehead atoms. The van der Waals surface area contributed by atoms with Crippen LogP contribution in [0.15, 0.2) is 53.3 Å². The van der Waals surface area contributed by atoms with Gasteiger partial charge in [0.05, 0.1) is 21.8 Å². The molecule has 39 heavy (non-hydrogen) atoms. The molecule has 10 heteroatoms. The maximum atomic E-state index is 13.3. The van der Waals surface area contributed by atoms with Gasteiger partial charge in [0.15, 0.2) is 5.82 Å². The van der Waals surface area contributed by atoms with Gasteiger partial charge in [0.2, 0.25) is 5.82 Å². The molecule has 0 radical (unpaired) electrons. The van der Waals surface area contributed by atoms with Crippen LogP contribution in [0.1, 0.15) is 53.8 Å². The highest BCUT2D eigenvalue weighted by Crippen LogP contribution is 2.30. The Bertz CT molecular complexity index is 1310. The maximum absolute atomic E-state index is 13.3. The number of carbonyl (C=O) groups excluding carboxylic acids is 1. The fourth-order valence-electron chi connectivity index (χ4n) is 5.16. The van der Waals surface area contributed by atoms with Gasteiger partial charge in [-0.1, -0.05) is 43.5 Å². The van der Waals surface area contributed by atoms with Gasteiger partial charge in [-0.25, -0.2) is 4.98 Å². The van der Waals surface area contributed by atoms with Crippen LogP contribution in [0.5, 0.6) is 0 Å². The molecule has 1 saturated carbocycles. The van der Waals surface area contributed by atoms with E-state index in [1.807, 2.05) is 12.1 Å². The first-order valence-electron chi connectivity index (χ1n) is 13.5. The molecule has 0 atom stereocenters. The second-order valence-electron chi connectivity index (χ2n) is 10.3. The molecule has 1 aliphatic heterocycles. The van der Waals surface area contributed by atoms with Crippen molar-refractivity contribution in [2.45, 2.75) is 44.7 Å². The number of carbonyl (C=O) groups is 1. The van der Waals surface area contributed by atoms with E-state index < -0.39 is 0 Å². The number of hydrazine groups is 1. The second kappa shape index (κ2) is 12.6. The highest BCUT2D eigenvalue weighted by atomic mass is 79.9. The van der Waals surface area contributed by atoms with Gasteiger partial charge in [-0.3, -0.25) is 25.1 Å². The second-order valence-corrected chi connectivity index (χ2v) is 11.1. The van der Waals surface area contributed by atoms with Gasteiger partial charge < -0.3 is 4.90 Å². The molecule has 1 saturated heterocycles. The number of nitrogens with one attached hydrogen (secondary N) is 1. The smallest absolute Gasteiger partial charge is 0.271 e. The first-order valence-corrected chi connectivity index (χ1v) is 14.3. The Hall–Kier alpha value is -3.39. The summed E-state index contributed by atoms with van der Waals surface area (Å²) in [5.74, 6) is 0.276. The minimum Gasteiger partial charge on any atom is -0.304 e. The van der Waals surface area contributed by atoms with E-state index in [9.17, 15) is 10.1 Å². The van der Waals surface area contributed by atoms with Gasteiger partial charge in [0, 0.05) is 50.7 Å². The van der Waals surface area contributed by atoms with E-state index >= 15 is 0 Å². The lowest BCUT2D eigenvalue weighted by atomic mass is 9.95. The number of halogens is 1. The van der Waals surface area contributed by atoms with Crippen LogP contribution in [0.4, 0.5) is 5.82 Å². The Morgan fingerprint density at radius 2 is 1.79 bits per heavy atom. The van der Waals surface area contributed by atoms with Crippen molar-refractivity contribution in [2.24, 2.45) is 0 Å². The van der Waals surface area contributed by atoms with Gasteiger partial charge in [-0.2, -0.15) is 10.2 Å². The molecule has 0 unspecified atom stereocenters. The van der Waals surface area contributed by atoms with Crippen LogP contribution in [0.25, 0.3) is 11.3 Å². The summed E-state index contributed by atoms with van der Waals surface area (Å²) in [6.45, 7) is 5.36. The van der Waals surface area contributed by atoms with Crippen LogP contribution in [0, 0.1) is 11.3 Å². The number of hydrogen-bond acceptors (Lipinski definition) is 8. The van der Waals surface area contributed by atoms with Gasteiger partial charge in [0.1, 0.15) is 6.07 Å². The predicted octanol–water partition coefficient (Wildman–Crippen LogP) is 4.40. The van der Waals surface area contributed by atoms with E-state index in [4.69, 9.17) is 0 Å². The average molecular weight is 590 g/mol. The Morgan fingerprint density at radius 3 is 2.46 bits per heavy atom. The summed E-state index contributed by atoms with van der Waals surface area (Å²) in [7, 11) is 2.17. The standard InChI is InChI=1S/C29H33BrN8O/c1-36-13-15-37(16-14-36)20-21-7-9-22(10-8-21)26-12-11-23(18-32-26)29(39)35-38(24-5-3-2-4-6-24)28-25(30)19-33-27(17-31)34-28/h7-12,18-19,24H,2-6,13-16,20H2,1H3,(H,35,39). The minimum atomic E-state index is -0.272. The number of aromatic nitrogens is 3. The number of pyridine rings is 1. The number of benzene rings is 1. The van der Waals surface area contributed by atoms with Crippen molar-refractivity contribution >= 4 is 27.7 Å². The lowest BCUT2D eigenvalue weighted by Crippen LogP contribution is -2.50. The van der Waals surface area contributed by atoms with Gasteiger partial charge in [-0.05, 0) is 53.5 Å². The fraction of sp³-hybridized carbons (Fsp3) is 0.414. The van der Waals surface area contributed by atoms with Crippen LogP contribution in [-0.4, -0.2) is 69.9 Å². The molecular formula is C29H33BrN8O. The van der Waals surface area contributed by atoms with Crippen LogP contribution in [0.2, 0.25) is 0 Å². The Morgan fingerprint density at radius 1 is 1.05 bits per heavy atom. The number of nitriles is 1. The van der Waals surface area contributed by atoms with Crippen LogP contribution < -0.4 is 10.4 Å². The molecule has 5 rings (SSSR count). The first kappa shape index (κ1) is 27.2. The monoisotopic (exact) mass is 588 g/mol. The number of nitrogens with zero attached hydrogens (tertiary/aromatic N) is 7. The topological polar surface area (TPSA) is 101 Å². The number of hydrogen-bond donors (Lipinski definition) is 1. The van der Waals surface area contributed by atoms with Gasteiger partial charge >= 0.3 is 0 Å². The quantitative estimate of drug-likeness (QED) is 0.405. The molecule has 3 aromatic rings. The SMILES string of the molecule is CN1CCN(Cc2ccc(-c3ccc(C(=O)NN(c4nc(C#N)ncc4Br)C4CCCCC4)cn3)cc2)CC1. The Balaban J connectivity index is 1.27. The Kier molecular flexibility index (Phi) is 8.81. The summed E-state index contributed by atoms with van der Waals surface area (Å²) < 4.78 is 0.622. The molecule has 1 amide bonds. The summed E-state index contributed by atoms with van der Waals surface area (Å²) >= 11 is 3.50. The normalized spacial score (nSPS) is 16.9. The molecule has 2 fully saturated rings. The molecule has 2 aromatic heterocycles. The molecule has 202 valence electrons. The minimum absolute atomic E-state index is 0.0591. The molecule has 9 nitrogen and oxygen atoms in total. The highest BCUT2D eigenvalue weighted by molar-refractivity contribution is 9.10. The number of amides is 1. The highest BCUT2D eigenvalue weighted by Gasteiger charge is 2.27. The van der Waals surface area contributed by atoms with Crippen molar-refractivity contribution in [1.82, 2.24) is 30.2 Å². The third-order valence-electron chi connectivity index (χ3n) is 7.49. The molecular weight excluding hydrogens is 556 g/mol. The van der Waals surface area contributed by atoms with E-state index in [1.165, 1.54) is 12.0 Å². The molecule has 1 N–H and O–H groups in total.